The summed E-state index contributed by atoms with van der Waals surface area (Å²) in [5.74, 6) is 0. The Morgan fingerprint density at radius 3 is 2.42 bits per heavy atom. The lowest BCUT2D eigenvalue weighted by molar-refractivity contribution is 0.368. The monoisotopic (exact) mass is 279 g/mol. The molecule has 0 fully saturated rings. The van der Waals surface area contributed by atoms with Gasteiger partial charge in [-0.15, -0.1) is 12.4 Å². The minimum Gasteiger partial charge on any atom is -0.308 e. The Morgan fingerprint density at radius 2 is 1.79 bits per heavy atom. The first-order valence-electron chi connectivity index (χ1n) is 5.95. The molecule has 2 rings (SSSR count). The zero-order chi connectivity index (χ0) is 13.0. The first-order chi connectivity index (χ1) is 8.66. The molecule has 1 aromatic heterocycles. The molecule has 102 valence electrons. The first kappa shape index (κ1) is 15.4. The summed E-state index contributed by atoms with van der Waals surface area (Å²) in [6.45, 7) is 1.40. The van der Waals surface area contributed by atoms with Crippen LogP contribution in [0, 0.1) is 0 Å². The molecule has 0 atom stereocenters. The van der Waals surface area contributed by atoms with E-state index in [1.165, 1.54) is 4.68 Å². The fraction of sp³-hybridized carbons (Fsp3) is 0.286. The van der Waals surface area contributed by atoms with Crippen LogP contribution in [0.5, 0.6) is 0 Å². The predicted octanol–water partition coefficient (Wildman–Crippen LogP) is 1.89. The Kier molecular flexibility index (Phi) is 5.73. The predicted molar refractivity (Wildman–Crippen MR) is 79.7 cm³/mol. The molecule has 0 radical (unpaired) electrons. The van der Waals surface area contributed by atoms with Crippen LogP contribution in [0.25, 0.3) is 11.3 Å². The molecule has 2 aromatic rings. The maximum atomic E-state index is 11.7. The SMILES string of the molecule is CN(C)CCn1nc(-c2ccccc2)ccc1=O.Cl. The molecule has 19 heavy (non-hydrogen) atoms. The van der Waals surface area contributed by atoms with Crippen LogP contribution < -0.4 is 5.56 Å². The second kappa shape index (κ2) is 7.07. The third kappa shape index (κ3) is 4.19. The van der Waals surface area contributed by atoms with E-state index in [4.69, 9.17) is 0 Å². The van der Waals surface area contributed by atoms with Gasteiger partial charge in [-0.2, -0.15) is 5.10 Å². The number of hydrogen-bond donors (Lipinski definition) is 0. The largest absolute Gasteiger partial charge is 0.308 e. The number of benzene rings is 1. The van der Waals surface area contributed by atoms with Gasteiger partial charge in [-0.3, -0.25) is 4.79 Å². The van der Waals surface area contributed by atoms with Crippen LogP contribution in [0.2, 0.25) is 0 Å². The lowest BCUT2D eigenvalue weighted by Gasteiger charge is -2.11. The molecule has 4 nitrogen and oxygen atoms in total. The number of hydrogen-bond acceptors (Lipinski definition) is 3. The number of aromatic nitrogens is 2. The number of halogens is 1. The van der Waals surface area contributed by atoms with Gasteiger partial charge in [0.25, 0.3) is 5.56 Å². The second-order valence-electron chi connectivity index (χ2n) is 4.45. The molecule has 0 unspecified atom stereocenters. The van der Waals surface area contributed by atoms with E-state index in [2.05, 4.69) is 5.10 Å². The summed E-state index contributed by atoms with van der Waals surface area (Å²) in [5.41, 5.74) is 1.79. The molecule has 0 aliphatic heterocycles. The second-order valence-corrected chi connectivity index (χ2v) is 4.45. The number of likely N-dealkylation sites (N-methyl/N-ethyl adjacent to an activating group) is 1. The summed E-state index contributed by atoms with van der Waals surface area (Å²) >= 11 is 0. The summed E-state index contributed by atoms with van der Waals surface area (Å²) in [5, 5.41) is 4.39. The Balaban J connectivity index is 0.00000180. The van der Waals surface area contributed by atoms with Crippen LogP contribution in [-0.4, -0.2) is 35.3 Å². The smallest absolute Gasteiger partial charge is 0.266 e. The molecule has 0 amide bonds. The molecular formula is C14H18ClN3O. The molecule has 1 aromatic carbocycles. The van der Waals surface area contributed by atoms with Crippen LogP contribution in [0.15, 0.2) is 47.3 Å². The average molecular weight is 280 g/mol. The van der Waals surface area contributed by atoms with Gasteiger partial charge in [0.05, 0.1) is 12.2 Å². The third-order valence-corrected chi connectivity index (χ3v) is 2.70. The van der Waals surface area contributed by atoms with Gasteiger partial charge in [0, 0.05) is 18.2 Å². The molecule has 0 spiro atoms. The van der Waals surface area contributed by atoms with E-state index in [1.807, 2.05) is 49.3 Å². The van der Waals surface area contributed by atoms with E-state index in [0.29, 0.717) is 6.54 Å². The lowest BCUT2D eigenvalue weighted by atomic mass is 10.1. The van der Waals surface area contributed by atoms with E-state index in [-0.39, 0.29) is 18.0 Å². The van der Waals surface area contributed by atoms with Gasteiger partial charge < -0.3 is 4.90 Å². The molecule has 0 aliphatic rings. The van der Waals surface area contributed by atoms with Crippen LogP contribution in [0.3, 0.4) is 0 Å². The first-order valence-corrected chi connectivity index (χ1v) is 5.95. The Labute approximate surface area is 119 Å². The van der Waals surface area contributed by atoms with Crippen LogP contribution in [0.1, 0.15) is 0 Å². The van der Waals surface area contributed by atoms with Crippen LogP contribution in [0.4, 0.5) is 0 Å². The zero-order valence-electron chi connectivity index (χ0n) is 11.1. The van der Waals surface area contributed by atoms with Gasteiger partial charge in [0.1, 0.15) is 0 Å². The van der Waals surface area contributed by atoms with Gasteiger partial charge >= 0.3 is 0 Å². The van der Waals surface area contributed by atoms with Crippen molar-refractivity contribution in [3.05, 3.63) is 52.8 Å². The van der Waals surface area contributed by atoms with Crippen molar-refractivity contribution in [2.24, 2.45) is 0 Å². The minimum atomic E-state index is -0.0588. The zero-order valence-corrected chi connectivity index (χ0v) is 11.9. The van der Waals surface area contributed by atoms with Gasteiger partial charge in [0.2, 0.25) is 0 Å². The molecular weight excluding hydrogens is 262 g/mol. The van der Waals surface area contributed by atoms with Crippen LogP contribution >= 0.6 is 12.4 Å². The highest BCUT2D eigenvalue weighted by Gasteiger charge is 2.03. The van der Waals surface area contributed by atoms with Crippen molar-refractivity contribution in [1.82, 2.24) is 14.7 Å². The quantitative estimate of drug-likeness (QED) is 0.858. The van der Waals surface area contributed by atoms with E-state index in [0.717, 1.165) is 17.8 Å². The fourth-order valence-corrected chi connectivity index (χ4v) is 1.67. The van der Waals surface area contributed by atoms with E-state index in [9.17, 15) is 4.79 Å². The van der Waals surface area contributed by atoms with E-state index in [1.54, 1.807) is 12.1 Å². The molecule has 5 heteroatoms. The normalized spacial score (nSPS) is 10.3. The fourth-order valence-electron chi connectivity index (χ4n) is 1.67. The topological polar surface area (TPSA) is 38.1 Å². The van der Waals surface area contributed by atoms with Crippen molar-refractivity contribution >= 4 is 12.4 Å². The molecule has 0 N–H and O–H groups in total. The summed E-state index contributed by atoms with van der Waals surface area (Å²) in [4.78, 5) is 13.7. The van der Waals surface area contributed by atoms with Crippen LogP contribution in [-0.2, 0) is 6.54 Å². The molecule has 0 saturated heterocycles. The Hall–Kier alpha value is -1.65. The van der Waals surface area contributed by atoms with E-state index >= 15 is 0 Å². The maximum absolute atomic E-state index is 11.7. The minimum absolute atomic E-state index is 0. The maximum Gasteiger partial charge on any atom is 0.266 e. The van der Waals surface area contributed by atoms with Gasteiger partial charge in [-0.1, -0.05) is 30.3 Å². The van der Waals surface area contributed by atoms with Crippen molar-refractivity contribution in [1.29, 1.82) is 0 Å². The van der Waals surface area contributed by atoms with Crippen molar-refractivity contribution in [2.75, 3.05) is 20.6 Å². The molecule has 0 bridgehead atoms. The van der Waals surface area contributed by atoms with Crippen molar-refractivity contribution in [3.63, 3.8) is 0 Å². The van der Waals surface area contributed by atoms with Crippen molar-refractivity contribution in [2.45, 2.75) is 6.54 Å². The molecule has 1 heterocycles. The van der Waals surface area contributed by atoms with Crippen molar-refractivity contribution in [3.8, 4) is 11.3 Å². The lowest BCUT2D eigenvalue weighted by Crippen LogP contribution is -2.28. The third-order valence-electron chi connectivity index (χ3n) is 2.70. The van der Waals surface area contributed by atoms with E-state index < -0.39 is 0 Å². The molecule has 0 aliphatic carbocycles. The summed E-state index contributed by atoms with van der Waals surface area (Å²) in [6, 6.07) is 13.2. The molecule has 0 saturated carbocycles. The summed E-state index contributed by atoms with van der Waals surface area (Å²) in [6.07, 6.45) is 0. The highest BCUT2D eigenvalue weighted by atomic mass is 35.5. The summed E-state index contributed by atoms with van der Waals surface area (Å²) in [7, 11) is 3.96. The number of nitrogens with zero attached hydrogens (tertiary/aromatic N) is 3. The highest BCUT2D eigenvalue weighted by molar-refractivity contribution is 5.85. The standard InChI is InChI=1S/C14H17N3O.ClH/c1-16(2)10-11-17-14(18)9-8-13(15-17)12-6-4-3-5-7-12;/h3-9H,10-11H2,1-2H3;1H. The van der Waals surface area contributed by atoms with Crippen molar-refractivity contribution < 1.29 is 0 Å². The van der Waals surface area contributed by atoms with Gasteiger partial charge in [0.15, 0.2) is 0 Å². The average Bonchev–Trinajstić information content (AvgIpc) is 2.38. The highest BCUT2D eigenvalue weighted by Crippen LogP contribution is 2.13. The van der Waals surface area contributed by atoms with Gasteiger partial charge in [-0.25, -0.2) is 4.68 Å². The number of rotatable bonds is 4. The Bertz CT molecular complexity index is 566. The van der Waals surface area contributed by atoms with Gasteiger partial charge in [-0.05, 0) is 20.2 Å². The Morgan fingerprint density at radius 1 is 1.11 bits per heavy atom. The summed E-state index contributed by atoms with van der Waals surface area (Å²) < 4.78 is 1.52.